The zero-order chi connectivity index (χ0) is 12.9. The molecule has 0 saturated heterocycles. The van der Waals surface area contributed by atoms with Crippen molar-refractivity contribution in [2.24, 2.45) is 5.92 Å². The lowest BCUT2D eigenvalue weighted by Gasteiger charge is -2.28. The fourth-order valence-electron chi connectivity index (χ4n) is 2.52. The molecule has 0 aromatic heterocycles. The summed E-state index contributed by atoms with van der Waals surface area (Å²) in [7, 11) is -3.13. The third-order valence-electron chi connectivity index (χ3n) is 3.19. The Bertz CT molecular complexity index is 319. The fourth-order valence-corrected chi connectivity index (χ4v) is 3.59. The van der Waals surface area contributed by atoms with Crippen molar-refractivity contribution in [2.45, 2.75) is 51.5 Å². The van der Waals surface area contributed by atoms with Gasteiger partial charge in [-0.15, -0.1) is 0 Å². The lowest BCUT2D eigenvalue weighted by Crippen LogP contribution is -2.50. The highest BCUT2D eigenvalue weighted by atomic mass is 32.2. The van der Waals surface area contributed by atoms with E-state index in [2.05, 4.69) is 10.0 Å². The summed E-state index contributed by atoms with van der Waals surface area (Å²) in [4.78, 5) is 0. The van der Waals surface area contributed by atoms with Gasteiger partial charge >= 0.3 is 0 Å². The number of hydrogen-bond donors (Lipinski definition) is 2. The number of rotatable bonds is 6. The zero-order valence-corrected chi connectivity index (χ0v) is 12.1. The van der Waals surface area contributed by atoms with Gasteiger partial charge < -0.3 is 5.32 Å². The molecule has 0 bridgehead atoms. The van der Waals surface area contributed by atoms with Crippen LogP contribution >= 0.6 is 0 Å². The predicted octanol–water partition coefficient (Wildman–Crippen LogP) is 1.48. The highest BCUT2D eigenvalue weighted by molar-refractivity contribution is 7.88. The van der Waals surface area contributed by atoms with Gasteiger partial charge in [0.15, 0.2) is 0 Å². The van der Waals surface area contributed by atoms with Crippen molar-refractivity contribution in [1.82, 2.24) is 10.0 Å². The fraction of sp³-hybridized carbons (Fsp3) is 1.00. The zero-order valence-electron chi connectivity index (χ0n) is 11.3. The van der Waals surface area contributed by atoms with E-state index in [1.807, 2.05) is 13.8 Å². The molecular formula is C12H26N2O2S. The molecule has 0 aliphatic heterocycles. The van der Waals surface area contributed by atoms with E-state index in [9.17, 15) is 8.42 Å². The summed E-state index contributed by atoms with van der Waals surface area (Å²) in [6.07, 6.45) is 7.89. The molecule has 0 heterocycles. The van der Waals surface area contributed by atoms with Crippen LogP contribution in [0, 0.1) is 5.92 Å². The Morgan fingerprint density at radius 2 is 1.76 bits per heavy atom. The number of hydrogen-bond acceptors (Lipinski definition) is 3. The molecular weight excluding hydrogens is 236 g/mol. The van der Waals surface area contributed by atoms with Gasteiger partial charge in [0.2, 0.25) is 10.0 Å². The molecule has 5 heteroatoms. The van der Waals surface area contributed by atoms with E-state index in [1.54, 1.807) is 0 Å². The van der Waals surface area contributed by atoms with Gasteiger partial charge in [-0.3, -0.25) is 0 Å². The maximum absolute atomic E-state index is 11.2. The monoisotopic (exact) mass is 262 g/mol. The van der Waals surface area contributed by atoms with E-state index in [-0.39, 0.29) is 0 Å². The largest absolute Gasteiger partial charge is 0.315 e. The molecule has 17 heavy (non-hydrogen) atoms. The molecule has 0 unspecified atom stereocenters. The number of nitrogens with one attached hydrogen (secondary N) is 2. The van der Waals surface area contributed by atoms with E-state index in [0.29, 0.717) is 6.54 Å². The van der Waals surface area contributed by atoms with Crippen molar-refractivity contribution in [3.63, 3.8) is 0 Å². The molecule has 0 amide bonds. The van der Waals surface area contributed by atoms with E-state index < -0.39 is 15.6 Å². The van der Waals surface area contributed by atoms with E-state index in [0.717, 1.165) is 12.5 Å². The Morgan fingerprint density at radius 1 is 1.18 bits per heavy atom. The number of sulfonamides is 1. The summed E-state index contributed by atoms with van der Waals surface area (Å²) in [5, 5.41) is 3.39. The summed E-state index contributed by atoms with van der Waals surface area (Å²) >= 11 is 0. The van der Waals surface area contributed by atoms with Crippen LogP contribution in [0.5, 0.6) is 0 Å². The molecule has 1 rings (SSSR count). The van der Waals surface area contributed by atoms with Crippen LogP contribution < -0.4 is 10.0 Å². The van der Waals surface area contributed by atoms with Crippen LogP contribution in [0.1, 0.15) is 46.0 Å². The third kappa shape index (κ3) is 7.01. The standard InChI is InChI=1S/C12H26N2O2S/c1-12(2,14-17(3,15)16)10-13-9-11-7-5-4-6-8-11/h11,13-14H,4-10H2,1-3H3. The average molecular weight is 262 g/mol. The maximum Gasteiger partial charge on any atom is 0.209 e. The van der Waals surface area contributed by atoms with Gasteiger partial charge in [0.05, 0.1) is 6.26 Å². The highest BCUT2D eigenvalue weighted by Crippen LogP contribution is 2.22. The van der Waals surface area contributed by atoms with Crippen LogP contribution in [-0.4, -0.2) is 33.3 Å². The predicted molar refractivity (Wildman–Crippen MR) is 71.5 cm³/mol. The minimum Gasteiger partial charge on any atom is -0.315 e. The second kappa shape index (κ2) is 6.16. The molecule has 0 spiro atoms. The van der Waals surface area contributed by atoms with E-state index >= 15 is 0 Å². The van der Waals surface area contributed by atoms with Crippen LogP contribution in [0.4, 0.5) is 0 Å². The quantitative estimate of drug-likeness (QED) is 0.762. The van der Waals surface area contributed by atoms with E-state index in [1.165, 1.54) is 38.4 Å². The molecule has 1 saturated carbocycles. The van der Waals surface area contributed by atoms with Crippen molar-refractivity contribution in [1.29, 1.82) is 0 Å². The van der Waals surface area contributed by atoms with Crippen molar-refractivity contribution in [3.8, 4) is 0 Å². The molecule has 2 N–H and O–H groups in total. The van der Waals surface area contributed by atoms with Crippen molar-refractivity contribution in [3.05, 3.63) is 0 Å². The van der Waals surface area contributed by atoms with Gasteiger partial charge in [0.25, 0.3) is 0 Å². The summed E-state index contributed by atoms with van der Waals surface area (Å²) < 4.78 is 25.0. The minimum absolute atomic E-state index is 0.414. The molecule has 102 valence electrons. The van der Waals surface area contributed by atoms with Gasteiger partial charge in [0.1, 0.15) is 0 Å². The van der Waals surface area contributed by atoms with E-state index in [4.69, 9.17) is 0 Å². The van der Waals surface area contributed by atoms with Crippen molar-refractivity contribution in [2.75, 3.05) is 19.3 Å². The molecule has 0 aromatic rings. The molecule has 1 aliphatic carbocycles. The Kier molecular flexibility index (Phi) is 5.41. The van der Waals surface area contributed by atoms with Crippen LogP contribution in [0.15, 0.2) is 0 Å². The summed E-state index contributed by atoms with van der Waals surface area (Å²) in [5.41, 5.74) is -0.414. The maximum atomic E-state index is 11.2. The van der Waals surface area contributed by atoms with Gasteiger partial charge in [-0.2, -0.15) is 0 Å². The lowest BCUT2D eigenvalue weighted by atomic mass is 9.89. The molecule has 1 fully saturated rings. The minimum atomic E-state index is -3.13. The second-order valence-corrected chi connectivity index (χ2v) is 7.64. The van der Waals surface area contributed by atoms with Crippen LogP contribution in [-0.2, 0) is 10.0 Å². The topological polar surface area (TPSA) is 58.2 Å². The normalized spacial score (nSPS) is 19.5. The van der Waals surface area contributed by atoms with Crippen molar-refractivity contribution >= 4 is 10.0 Å². The molecule has 1 aliphatic rings. The smallest absolute Gasteiger partial charge is 0.209 e. The first-order chi connectivity index (χ1) is 7.79. The summed E-state index contributed by atoms with van der Waals surface area (Å²) in [6, 6.07) is 0. The molecule has 4 nitrogen and oxygen atoms in total. The first kappa shape index (κ1) is 14.9. The first-order valence-corrected chi connectivity index (χ1v) is 8.37. The van der Waals surface area contributed by atoms with Crippen molar-refractivity contribution < 1.29 is 8.42 Å². The molecule has 0 atom stereocenters. The second-order valence-electron chi connectivity index (χ2n) is 5.89. The SMILES string of the molecule is CC(C)(CNCC1CCCCC1)NS(C)(=O)=O. The van der Waals surface area contributed by atoms with Gasteiger partial charge in [-0.25, -0.2) is 13.1 Å². The Morgan fingerprint density at radius 3 is 2.29 bits per heavy atom. The molecule has 0 radical (unpaired) electrons. The average Bonchev–Trinajstić information content (AvgIpc) is 2.15. The van der Waals surface area contributed by atoms with Gasteiger partial charge in [-0.05, 0) is 39.2 Å². The molecule has 0 aromatic carbocycles. The van der Waals surface area contributed by atoms with Gasteiger partial charge in [-0.1, -0.05) is 19.3 Å². The van der Waals surface area contributed by atoms with Gasteiger partial charge in [0, 0.05) is 12.1 Å². The van der Waals surface area contributed by atoms with Crippen LogP contribution in [0.3, 0.4) is 0 Å². The van der Waals surface area contributed by atoms with Crippen LogP contribution in [0.25, 0.3) is 0 Å². The summed E-state index contributed by atoms with van der Waals surface area (Å²) in [5.74, 6) is 0.776. The Labute approximate surface area is 106 Å². The van der Waals surface area contributed by atoms with Crippen LogP contribution in [0.2, 0.25) is 0 Å². The Balaban J connectivity index is 2.24. The summed E-state index contributed by atoms with van der Waals surface area (Å²) in [6.45, 7) is 5.50. The highest BCUT2D eigenvalue weighted by Gasteiger charge is 2.22. The first-order valence-electron chi connectivity index (χ1n) is 6.48. The third-order valence-corrected chi connectivity index (χ3v) is 4.11. The Hall–Kier alpha value is -0.130. The lowest BCUT2D eigenvalue weighted by molar-refractivity contribution is 0.325.